The van der Waals surface area contributed by atoms with Gasteiger partial charge in [-0.05, 0) is 51.0 Å². The standard InChI is InChI=1S/C21H25N5O3S/c1-15(2)26-20-16(14-23-26)11-17(13-22-20)21(27)24-18-7-6-8-19(12-18)30(28,29)25-9-4-3-5-10-25/h6-8,11-15H,3-5,9-10H2,1-2H3,(H,24,27). The van der Waals surface area contributed by atoms with E-state index in [0.29, 0.717) is 24.3 Å². The maximum absolute atomic E-state index is 12.9. The molecule has 0 unspecified atom stereocenters. The zero-order chi connectivity index (χ0) is 21.3. The highest BCUT2D eigenvalue weighted by Gasteiger charge is 2.26. The first-order chi connectivity index (χ1) is 14.4. The number of carbonyl (C=O) groups is 1. The second-order valence-electron chi connectivity index (χ2n) is 7.77. The van der Waals surface area contributed by atoms with E-state index in [1.54, 1.807) is 35.1 Å². The molecule has 1 fully saturated rings. The first-order valence-corrected chi connectivity index (χ1v) is 11.5. The second-order valence-corrected chi connectivity index (χ2v) is 9.70. The molecular formula is C21H25N5O3S. The summed E-state index contributed by atoms with van der Waals surface area (Å²) in [6.07, 6.45) is 5.99. The number of nitrogens with one attached hydrogen (secondary N) is 1. The van der Waals surface area contributed by atoms with Crippen molar-refractivity contribution in [2.24, 2.45) is 0 Å². The lowest BCUT2D eigenvalue weighted by atomic mass is 10.2. The number of anilines is 1. The SMILES string of the molecule is CC(C)n1ncc2cc(C(=O)Nc3cccc(S(=O)(=O)N4CCCCC4)c3)cnc21. The first kappa shape index (κ1) is 20.5. The van der Waals surface area contributed by atoms with E-state index in [1.807, 2.05) is 13.8 Å². The van der Waals surface area contributed by atoms with E-state index in [2.05, 4.69) is 15.4 Å². The average molecular weight is 428 g/mol. The number of sulfonamides is 1. The zero-order valence-electron chi connectivity index (χ0n) is 17.1. The van der Waals surface area contributed by atoms with Gasteiger partial charge in [0.25, 0.3) is 5.91 Å². The number of hydrogen-bond acceptors (Lipinski definition) is 5. The number of piperidine rings is 1. The highest BCUT2D eigenvalue weighted by molar-refractivity contribution is 7.89. The molecule has 0 saturated carbocycles. The minimum Gasteiger partial charge on any atom is -0.322 e. The molecule has 3 heterocycles. The molecule has 9 heteroatoms. The molecule has 0 spiro atoms. The molecule has 1 amide bonds. The van der Waals surface area contributed by atoms with Crippen LogP contribution in [0.2, 0.25) is 0 Å². The van der Waals surface area contributed by atoms with E-state index in [1.165, 1.54) is 16.6 Å². The van der Waals surface area contributed by atoms with Gasteiger partial charge in [0.2, 0.25) is 10.0 Å². The summed E-state index contributed by atoms with van der Waals surface area (Å²) in [5.41, 5.74) is 1.53. The Morgan fingerprint density at radius 1 is 1.10 bits per heavy atom. The van der Waals surface area contributed by atoms with Gasteiger partial charge in [-0.1, -0.05) is 12.5 Å². The Kier molecular flexibility index (Phi) is 5.57. The van der Waals surface area contributed by atoms with E-state index < -0.39 is 10.0 Å². The third-order valence-corrected chi connectivity index (χ3v) is 7.12. The van der Waals surface area contributed by atoms with Crippen LogP contribution in [-0.4, -0.2) is 46.5 Å². The van der Waals surface area contributed by atoms with Gasteiger partial charge < -0.3 is 5.32 Å². The van der Waals surface area contributed by atoms with Crippen molar-refractivity contribution in [3.63, 3.8) is 0 Å². The lowest BCUT2D eigenvalue weighted by molar-refractivity contribution is 0.102. The van der Waals surface area contributed by atoms with Crippen LogP contribution in [0.15, 0.2) is 47.6 Å². The van der Waals surface area contributed by atoms with Crippen molar-refractivity contribution in [1.29, 1.82) is 0 Å². The molecule has 1 aliphatic heterocycles. The Hall–Kier alpha value is -2.78. The summed E-state index contributed by atoms with van der Waals surface area (Å²) in [6, 6.07) is 8.28. The number of benzene rings is 1. The lowest BCUT2D eigenvalue weighted by Crippen LogP contribution is -2.35. The number of fused-ring (bicyclic) bond motifs is 1. The molecule has 2 aromatic heterocycles. The molecule has 1 saturated heterocycles. The number of rotatable bonds is 5. The molecule has 1 aliphatic rings. The molecular weight excluding hydrogens is 402 g/mol. The van der Waals surface area contributed by atoms with E-state index in [4.69, 9.17) is 0 Å². The Labute approximate surface area is 176 Å². The summed E-state index contributed by atoms with van der Waals surface area (Å²) in [4.78, 5) is 17.3. The Bertz CT molecular complexity index is 1180. The zero-order valence-corrected chi connectivity index (χ0v) is 17.9. The molecule has 0 bridgehead atoms. The largest absolute Gasteiger partial charge is 0.322 e. The predicted molar refractivity (Wildman–Crippen MR) is 115 cm³/mol. The molecule has 158 valence electrons. The van der Waals surface area contributed by atoms with Crippen molar-refractivity contribution in [1.82, 2.24) is 19.1 Å². The van der Waals surface area contributed by atoms with E-state index in [0.717, 1.165) is 30.3 Å². The maximum atomic E-state index is 12.9. The van der Waals surface area contributed by atoms with Crippen LogP contribution in [0.4, 0.5) is 5.69 Å². The van der Waals surface area contributed by atoms with Crippen LogP contribution in [-0.2, 0) is 10.0 Å². The quantitative estimate of drug-likeness (QED) is 0.673. The van der Waals surface area contributed by atoms with Gasteiger partial charge in [0.05, 0.1) is 16.7 Å². The van der Waals surface area contributed by atoms with Gasteiger partial charge >= 0.3 is 0 Å². The van der Waals surface area contributed by atoms with Gasteiger partial charge in [-0.2, -0.15) is 9.40 Å². The van der Waals surface area contributed by atoms with Gasteiger partial charge in [0.15, 0.2) is 5.65 Å². The molecule has 0 radical (unpaired) electrons. The van der Waals surface area contributed by atoms with Gasteiger partial charge in [-0.25, -0.2) is 18.1 Å². The smallest absolute Gasteiger partial charge is 0.257 e. The molecule has 1 N–H and O–H groups in total. The van der Waals surface area contributed by atoms with E-state index in [-0.39, 0.29) is 16.8 Å². The van der Waals surface area contributed by atoms with Crippen LogP contribution >= 0.6 is 0 Å². The van der Waals surface area contributed by atoms with Crippen LogP contribution in [0, 0.1) is 0 Å². The highest BCUT2D eigenvalue weighted by Crippen LogP contribution is 2.23. The van der Waals surface area contributed by atoms with Crippen molar-refractivity contribution >= 4 is 32.7 Å². The van der Waals surface area contributed by atoms with Crippen molar-refractivity contribution in [2.75, 3.05) is 18.4 Å². The molecule has 0 aliphatic carbocycles. The fraction of sp³-hybridized carbons (Fsp3) is 0.381. The van der Waals surface area contributed by atoms with Crippen LogP contribution < -0.4 is 5.32 Å². The molecule has 1 aromatic carbocycles. The molecule has 30 heavy (non-hydrogen) atoms. The third kappa shape index (κ3) is 3.95. The number of nitrogens with zero attached hydrogens (tertiary/aromatic N) is 4. The fourth-order valence-corrected chi connectivity index (χ4v) is 5.20. The number of hydrogen-bond donors (Lipinski definition) is 1. The van der Waals surface area contributed by atoms with Crippen LogP contribution in [0.25, 0.3) is 11.0 Å². The summed E-state index contributed by atoms with van der Waals surface area (Å²) in [7, 11) is -3.56. The summed E-state index contributed by atoms with van der Waals surface area (Å²) in [5, 5.41) is 7.87. The Morgan fingerprint density at radius 2 is 1.87 bits per heavy atom. The third-order valence-electron chi connectivity index (χ3n) is 5.23. The van der Waals surface area contributed by atoms with E-state index >= 15 is 0 Å². The van der Waals surface area contributed by atoms with Crippen LogP contribution in [0.3, 0.4) is 0 Å². The Balaban J connectivity index is 1.55. The lowest BCUT2D eigenvalue weighted by Gasteiger charge is -2.26. The van der Waals surface area contributed by atoms with Crippen molar-refractivity contribution in [2.45, 2.75) is 44.0 Å². The monoisotopic (exact) mass is 427 g/mol. The number of aromatic nitrogens is 3. The molecule has 3 aromatic rings. The van der Waals surface area contributed by atoms with Gasteiger partial charge in [-0.3, -0.25) is 4.79 Å². The first-order valence-electron chi connectivity index (χ1n) is 10.1. The minimum atomic E-state index is -3.56. The maximum Gasteiger partial charge on any atom is 0.257 e. The summed E-state index contributed by atoms with van der Waals surface area (Å²) < 4.78 is 29.1. The average Bonchev–Trinajstić information content (AvgIpc) is 3.18. The molecule has 4 rings (SSSR count). The predicted octanol–water partition coefficient (Wildman–Crippen LogP) is 3.44. The highest BCUT2D eigenvalue weighted by atomic mass is 32.2. The van der Waals surface area contributed by atoms with Gasteiger partial charge in [0.1, 0.15) is 0 Å². The van der Waals surface area contributed by atoms with Gasteiger partial charge in [-0.15, -0.1) is 0 Å². The Morgan fingerprint density at radius 3 is 2.60 bits per heavy atom. The number of pyridine rings is 1. The minimum absolute atomic E-state index is 0.166. The van der Waals surface area contributed by atoms with E-state index in [9.17, 15) is 13.2 Å². The van der Waals surface area contributed by atoms with Crippen LogP contribution in [0.5, 0.6) is 0 Å². The summed E-state index contributed by atoms with van der Waals surface area (Å²) >= 11 is 0. The second kappa shape index (κ2) is 8.16. The summed E-state index contributed by atoms with van der Waals surface area (Å²) in [6.45, 7) is 5.10. The molecule has 0 atom stereocenters. The van der Waals surface area contributed by atoms with Crippen LogP contribution in [0.1, 0.15) is 49.5 Å². The van der Waals surface area contributed by atoms with Crippen molar-refractivity contribution in [3.05, 3.63) is 48.3 Å². The van der Waals surface area contributed by atoms with Gasteiger partial charge in [0, 0.05) is 36.4 Å². The summed E-state index contributed by atoms with van der Waals surface area (Å²) in [5.74, 6) is -0.353. The van der Waals surface area contributed by atoms with Crippen molar-refractivity contribution in [3.8, 4) is 0 Å². The normalized spacial score (nSPS) is 15.6. The van der Waals surface area contributed by atoms with Crippen molar-refractivity contribution < 1.29 is 13.2 Å². The number of carbonyl (C=O) groups excluding carboxylic acids is 1. The fourth-order valence-electron chi connectivity index (χ4n) is 3.63. The topological polar surface area (TPSA) is 97.2 Å². The number of amides is 1. The molecule has 8 nitrogen and oxygen atoms in total.